The Bertz CT molecular complexity index is 915. The first-order valence-electron chi connectivity index (χ1n) is 8.46. The summed E-state index contributed by atoms with van der Waals surface area (Å²) in [6.45, 7) is 8.32. The molecule has 25 heavy (non-hydrogen) atoms. The summed E-state index contributed by atoms with van der Waals surface area (Å²) < 4.78 is 17.0. The number of ether oxygens (including phenoxy) is 2. The Morgan fingerprint density at radius 2 is 2.08 bits per heavy atom. The average Bonchev–Trinajstić information content (AvgIpc) is 2.56. The summed E-state index contributed by atoms with van der Waals surface area (Å²) in [5, 5.41) is 0.633. The molecule has 0 unspecified atom stereocenters. The molecule has 0 saturated heterocycles. The lowest BCUT2D eigenvalue weighted by Gasteiger charge is -2.24. The highest BCUT2D eigenvalue weighted by Gasteiger charge is 2.28. The molecule has 0 radical (unpaired) electrons. The van der Waals surface area contributed by atoms with E-state index < -0.39 is 0 Å². The molecule has 1 aromatic carbocycles. The normalized spacial score (nSPS) is 19.4. The molecule has 0 aliphatic carbocycles. The molecule has 4 heteroatoms. The zero-order chi connectivity index (χ0) is 18.2. The van der Waals surface area contributed by atoms with E-state index in [1.807, 2.05) is 58.1 Å². The number of fused-ring (bicyclic) bond motifs is 2. The summed E-state index contributed by atoms with van der Waals surface area (Å²) in [4.78, 5) is 13.0. The van der Waals surface area contributed by atoms with Crippen molar-refractivity contribution in [2.45, 2.75) is 39.2 Å². The second kappa shape index (κ2) is 6.52. The SMILES string of the molecule is COC(C)(C)/C=C/C=C1/COc2oc3cccc(C)c3c(=O)c2[C@@H]1C. The lowest BCUT2D eigenvalue weighted by molar-refractivity contribution is 0.0656. The lowest BCUT2D eigenvalue weighted by atomic mass is 9.90. The third kappa shape index (κ3) is 3.27. The second-order valence-electron chi connectivity index (χ2n) is 7.00. The molecule has 2 aromatic rings. The van der Waals surface area contributed by atoms with Crippen molar-refractivity contribution in [1.82, 2.24) is 0 Å². The first kappa shape index (κ1) is 17.5. The Balaban J connectivity index is 2.04. The number of aryl methyl sites for hydroxylation is 1. The van der Waals surface area contributed by atoms with E-state index in [0.29, 0.717) is 29.1 Å². The number of hydrogen-bond donors (Lipinski definition) is 0. The molecule has 132 valence electrons. The molecule has 0 spiro atoms. The van der Waals surface area contributed by atoms with Crippen LogP contribution in [-0.2, 0) is 4.74 Å². The maximum Gasteiger partial charge on any atom is 0.293 e. The van der Waals surface area contributed by atoms with Crippen LogP contribution in [0.5, 0.6) is 5.95 Å². The molecule has 1 aliphatic heterocycles. The number of allylic oxidation sites excluding steroid dienone is 2. The molecule has 0 saturated carbocycles. The smallest absolute Gasteiger partial charge is 0.293 e. The zero-order valence-corrected chi connectivity index (χ0v) is 15.4. The largest absolute Gasteiger partial charge is 0.460 e. The molecule has 0 bridgehead atoms. The topological polar surface area (TPSA) is 48.7 Å². The highest BCUT2D eigenvalue weighted by atomic mass is 16.6. The predicted octanol–water partition coefficient (Wildman–Crippen LogP) is 4.50. The molecule has 0 amide bonds. The Hall–Kier alpha value is -2.33. The van der Waals surface area contributed by atoms with E-state index in [2.05, 4.69) is 0 Å². The molecular weight excluding hydrogens is 316 g/mol. The fourth-order valence-corrected chi connectivity index (χ4v) is 3.00. The van der Waals surface area contributed by atoms with Gasteiger partial charge in [-0.15, -0.1) is 0 Å². The molecule has 1 atom stereocenters. The quantitative estimate of drug-likeness (QED) is 0.825. The van der Waals surface area contributed by atoms with Crippen LogP contribution >= 0.6 is 0 Å². The van der Waals surface area contributed by atoms with Crippen molar-refractivity contribution < 1.29 is 13.9 Å². The van der Waals surface area contributed by atoms with Gasteiger partial charge in [-0.25, -0.2) is 0 Å². The van der Waals surface area contributed by atoms with Gasteiger partial charge in [-0.2, -0.15) is 0 Å². The molecule has 0 fully saturated rings. The lowest BCUT2D eigenvalue weighted by Crippen LogP contribution is -2.23. The van der Waals surface area contributed by atoms with Crippen molar-refractivity contribution in [3.05, 3.63) is 63.4 Å². The number of methoxy groups -OCH3 is 1. The van der Waals surface area contributed by atoms with E-state index in [4.69, 9.17) is 13.9 Å². The minimum absolute atomic E-state index is 0.00588. The maximum atomic E-state index is 13.0. The standard InChI is InChI=1S/C21H24O4/c1-13-8-6-10-16-17(13)19(22)18-14(2)15(12-24-20(18)25-16)9-7-11-21(3,4)23-5/h6-11,14H,12H2,1-5H3/b11-7+,15-9-/t14-/m1/s1. The minimum Gasteiger partial charge on any atom is -0.460 e. The van der Waals surface area contributed by atoms with Crippen molar-refractivity contribution in [1.29, 1.82) is 0 Å². The van der Waals surface area contributed by atoms with E-state index in [-0.39, 0.29) is 16.9 Å². The van der Waals surface area contributed by atoms with Gasteiger partial charge in [0, 0.05) is 13.0 Å². The van der Waals surface area contributed by atoms with Gasteiger partial charge in [0.25, 0.3) is 5.95 Å². The van der Waals surface area contributed by atoms with Crippen LogP contribution in [-0.4, -0.2) is 19.3 Å². The van der Waals surface area contributed by atoms with Crippen molar-refractivity contribution in [3.63, 3.8) is 0 Å². The third-order valence-electron chi connectivity index (χ3n) is 4.82. The van der Waals surface area contributed by atoms with Gasteiger partial charge in [0.05, 0.1) is 16.6 Å². The van der Waals surface area contributed by atoms with Crippen LogP contribution in [0.3, 0.4) is 0 Å². The number of rotatable bonds is 3. The average molecular weight is 340 g/mol. The Morgan fingerprint density at radius 1 is 1.32 bits per heavy atom. The number of benzene rings is 1. The predicted molar refractivity (Wildman–Crippen MR) is 99.4 cm³/mol. The van der Waals surface area contributed by atoms with Gasteiger partial charge in [-0.1, -0.05) is 37.3 Å². The van der Waals surface area contributed by atoms with Crippen LogP contribution in [0.25, 0.3) is 11.0 Å². The van der Waals surface area contributed by atoms with Gasteiger partial charge in [0.2, 0.25) is 5.43 Å². The third-order valence-corrected chi connectivity index (χ3v) is 4.82. The van der Waals surface area contributed by atoms with Crippen LogP contribution < -0.4 is 10.2 Å². The highest BCUT2D eigenvalue weighted by Crippen LogP contribution is 2.36. The number of hydrogen-bond acceptors (Lipinski definition) is 4. The summed E-state index contributed by atoms with van der Waals surface area (Å²) in [5.41, 5.74) is 2.78. The van der Waals surface area contributed by atoms with Crippen LogP contribution in [0.15, 0.2) is 51.2 Å². The van der Waals surface area contributed by atoms with Crippen molar-refractivity contribution >= 4 is 11.0 Å². The van der Waals surface area contributed by atoms with Gasteiger partial charge >= 0.3 is 0 Å². The molecule has 1 aliphatic rings. The second-order valence-corrected chi connectivity index (χ2v) is 7.00. The molecule has 2 heterocycles. The van der Waals surface area contributed by atoms with E-state index in [9.17, 15) is 4.79 Å². The summed E-state index contributed by atoms with van der Waals surface area (Å²) >= 11 is 0. The summed E-state index contributed by atoms with van der Waals surface area (Å²) in [7, 11) is 1.68. The van der Waals surface area contributed by atoms with E-state index >= 15 is 0 Å². The fourth-order valence-electron chi connectivity index (χ4n) is 3.00. The van der Waals surface area contributed by atoms with Crippen molar-refractivity contribution in [3.8, 4) is 5.95 Å². The van der Waals surface area contributed by atoms with Crippen molar-refractivity contribution in [2.75, 3.05) is 13.7 Å². The molecule has 4 nitrogen and oxygen atoms in total. The van der Waals surface area contributed by atoms with Crippen molar-refractivity contribution in [2.24, 2.45) is 0 Å². The Labute approximate surface area is 147 Å². The van der Waals surface area contributed by atoms with Gasteiger partial charge in [-0.3, -0.25) is 4.79 Å². The van der Waals surface area contributed by atoms with Crippen LogP contribution in [0.1, 0.15) is 37.8 Å². The summed E-state index contributed by atoms with van der Waals surface area (Å²) in [6.07, 6.45) is 5.93. The van der Waals surface area contributed by atoms with E-state index in [1.165, 1.54) is 0 Å². The maximum absolute atomic E-state index is 13.0. The first-order chi connectivity index (χ1) is 11.8. The zero-order valence-electron chi connectivity index (χ0n) is 15.4. The van der Waals surface area contributed by atoms with Gasteiger partial charge < -0.3 is 13.9 Å². The van der Waals surface area contributed by atoms with Crippen LogP contribution in [0.4, 0.5) is 0 Å². The molecular formula is C21H24O4. The Morgan fingerprint density at radius 3 is 2.80 bits per heavy atom. The van der Waals surface area contributed by atoms with Crippen LogP contribution in [0, 0.1) is 6.92 Å². The van der Waals surface area contributed by atoms with Gasteiger partial charge in [0.15, 0.2) is 0 Å². The first-order valence-corrected chi connectivity index (χ1v) is 8.46. The molecule has 1 aromatic heterocycles. The van der Waals surface area contributed by atoms with E-state index in [1.54, 1.807) is 13.2 Å². The van der Waals surface area contributed by atoms with Gasteiger partial charge in [-0.05, 0) is 38.0 Å². The van der Waals surface area contributed by atoms with E-state index in [0.717, 1.165) is 11.1 Å². The molecule has 3 rings (SSSR count). The van der Waals surface area contributed by atoms with Gasteiger partial charge in [0.1, 0.15) is 12.2 Å². The minimum atomic E-state index is -0.333. The fraction of sp³-hybridized carbons (Fsp3) is 0.381. The Kier molecular flexibility index (Phi) is 4.56. The summed E-state index contributed by atoms with van der Waals surface area (Å²) in [5.74, 6) is 0.285. The van der Waals surface area contributed by atoms with Crippen LogP contribution in [0.2, 0.25) is 0 Å². The summed E-state index contributed by atoms with van der Waals surface area (Å²) in [6, 6.07) is 5.61. The highest BCUT2D eigenvalue weighted by molar-refractivity contribution is 5.81. The monoisotopic (exact) mass is 340 g/mol. The molecule has 0 N–H and O–H groups in total.